The quantitative estimate of drug-likeness (QED) is 0.820. The van der Waals surface area contributed by atoms with Gasteiger partial charge in [0.15, 0.2) is 14.9 Å². The van der Waals surface area contributed by atoms with E-state index in [4.69, 9.17) is 5.26 Å². The third-order valence-electron chi connectivity index (χ3n) is 1.95. The van der Waals surface area contributed by atoms with E-state index in [0.29, 0.717) is 11.1 Å². The van der Waals surface area contributed by atoms with Gasteiger partial charge in [0.05, 0.1) is 11.6 Å². The van der Waals surface area contributed by atoms with E-state index >= 15 is 0 Å². The Morgan fingerprint density at radius 1 is 1.17 bits per heavy atom. The number of nitrogens with one attached hydrogen (secondary N) is 1. The number of rotatable bonds is 5. The topological polar surface area (TPSA) is 104 Å². The standard InChI is InChI=1S/C10H12N2O4S2/c1-17(13,14)8-18(15,16)12-7-10-4-2-9(6-11)3-5-10/h2-5,12H,7-8H2,1H3. The van der Waals surface area contributed by atoms with Crippen molar-refractivity contribution in [2.24, 2.45) is 0 Å². The molecule has 0 heterocycles. The molecule has 1 N–H and O–H groups in total. The highest BCUT2D eigenvalue weighted by Crippen LogP contribution is 2.04. The first-order valence-electron chi connectivity index (χ1n) is 4.86. The number of nitriles is 1. The number of sulfone groups is 1. The number of hydrogen-bond donors (Lipinski definition) is 1. The number of hydrogen-bond acceptors (Lipinski definition) is 5. The molecule has 0 radical (unpaired) electrons. The molecule has 1 aromatic carbocycles. The van der Waals surface area contributed by atoms with Crippen molar-refractivity contribution in [2.45, 2.75) is 6.54 Å². The molecule has 0 saturated heterocycles. The molecule has 0 bridgehead atoms. The van der Waals surface area contributed by atoms with Crippen LogP contribution in [0.4, 0.5) is 0 Å². The zero-order valence-electron chi connectivity index (χ0n) is 9.62. The van der Waals surface area contributed by atoms with Crippen LogP contribution in [0.5, 0.6) is 0 Å². The van der Waals surface area contributed by atoms with Crippen molar-refractivity contribution in [2.75, 3.05) is 11.3 Å². The zero-order chi connectivity index (χ0) is 13.8. The van der Waals surface area contributed by atoms with Crippen LogP contribution in [0.2, 0.25) is 0 Å². The van der Waals surface area contributed by atoms with Gasteiger partial charge in [-0.25, -0.2) is 21.6 Å². The lowest BCUT2D eigenvalue weighted by Crippen LogP contribution is -2.29. The molecular formula is C10H12N2O4S2. The van der Waals surface area contributed by atoms with Crippen molar-refractivity contribution in [1.82, 2.24) is 4.72 Å². The fourth-order valence-corrected chi connectivity index (χ4v) is 4.19. The third kappa shape index (κ3) is 5.27. The van der Waals surface area contributed by atoms with Crippen molar-refractivity contribution in [3.8, 4) is 6.07 Å². The maximum Gasteiger partial charge on any atom is 0.226 e. The summed E-state index contributed by atoms with van der Waals surface area (Å²) in [5.41, 5.74) is 1.11. The number of benzene rings is 1. The first kappa shape index (κ1) is 14.6. The number of nitrogens with zero attached hydrogens (tertiary/aromatic N) is 1. The summed E-state index contributed by atoms with van der Waals surface area (Å²) >= 11 is 0. The third-order valence-corrected chi connectivity index (χ3v) is 5.49. The molecule has 0 aliphatic rings. The molecule has 0 atom stereocenters. The SMILES string of the molecule is CS(=O)(=O)CS(=O)(=O)NCc1ccc(C#N)cc1. The van der Waals surface area contributed by atoms with Crippen LogP contribution in [0.1, 0.15) is 11.1 Å². The fraction of sp³-hybridized carbons (Fsp3) is 0.300. The lowest BCUT2D eigenvalue weighted by molar-refractivity contribution is 0.580. The van der Waals surface area contributed by atoms with Crippen LogP contribution >= 0.6 is 0 Å². The Morgan fingerprint density at radius 3 is 2.17 bits per heavy atom. The van der Waals surface area contributed by atoms with Crippen molar-refractivity contribution in [3.05, 3.63) is 35.4 Å². The molecule has 0 aromatic heterocycles. The second-order valence-corrected chi connectivity index (χ2v) is 8.10. The minimum absolute atomic E-state index is 0.0104. The molecule has 8 heteroatoms. The largest absolute Gasteiger partial charge is 0.228 e. The lowest BCUT2D eigenvalue weighted by atomic mass is 10.1. The highest BCUT2D eigenvalue weighted by atomic mass is 32.3. The zero-order valence-corrected chi connectivity index (χ0v) is 11.3. The van der Waals surface area contributed by atoms with Gasteiger partial charge in [0.25, 0.3) is 0 Å². The predicted molar refractivity (Wildman–Crippen MR) is 66.6 cm³/mol. The van der Waals surface area contributed by atoms with Crippen LogP contribution < -0.4 is 4.72 Å². The molecule has 0 fully saturated rings. The predicted octanol–water partition coefficient (Wildman–Crippen LogP) is -0.0202. The summed E-state index contributed by atoms with van der Waals surface area (Å²) < 4.78 is 46.8. The highest BCUT2D eigenvalue weighted by molar-refractivity contribution is 8.06. The highest BCUT2D eigenvalue weighted by Gasteiger charge is 2.17. The van der Waals surface area contributed by atoms with Crippen LogP contribution in [0.15, 0.2) is 24.3 Å². The van der Waals surface area contributed by atoms with Crippen molar-refractivity contribution in [1.29, 1.82) is 5.26 Å². The number of sulfonamides is 1. The second-order valence-electron chi connectivity index (χ2n) is 3.79. The molecule has 0 aliphatic carbocycles. The molecule has 1 rings (SSSR count). The molecular weight excluding hydrogens is 276 g/mol. The van der Waals surface area contributed by atoms with E-state index in [2.05, 4.69) is 4.72 Å². The Bertz CT molecular complexity index is 655. The molecule has 6 nitrogen and oxygen atoms in total. The molecule has 1 aromatic rings. The average Bonchev–Trinajstić information content (AvgIpc) is 2.24. The van der Waals surface area contributed by atoms with Gasteiger partial charge in [-0.3, -0.25) is 0 Å². The lowest BCUT2D eigenvalue weighted by Gasteiger charge is -2.05. The summed E-state index contributed by atoms with van der Waals surface area (Å²) in [7, 11) is -7.45. The van der Waals surface area contributed by atoms with Crippen LogP contribution in [-0.2, 0) is 26.4 Å². The Kier molecular flexibility index (Phi) is 4.45. The van der Waals surface area contributed by atoms with E-state index in [0.717, 1.165) is 6.26 Å². The van der Waals surface area contributed by atoms with Gasteiger partial charge in [-0.15, -0.1) is 0 Å². The normalized spacial score (nSPS) is 12.0. The monoisotopic (exact) mass is 288 g/mol. The summed E-state index contributed by atoms with van der Waals surface area (Å²) in [6.07, 6.45) is 0.855. The van der Waals surface area contributed by atoms with Crippen LogP contribution in [0.3, 0.4) is 0 Å². The fourth-order valence-electron chi connectivity index (χ4n) is 1.21. The summed E-state index contributed by atoms with van der Waals surface area (Å²) in [6, 6.07) is 8.25. The first-order chi connectivity index (χ1) is 8.22. The second kappa shape index (κ2) is 5.48. The maximum absolute atomic E-state index is 11.4. The summed E-state index contributed by atoms with van der Waals surface area (Å²) in [4.78, 5) is 0. The molecule has 0 saturated carbocycles. The summed E-state index contributed by atoms with van der Waals surface area (Å²) in [5, 5.41) is 7.65. The van der Waals surface area contributed by atoms with Gasteiger partial charge >= 0.3 is 0 Å². The molecule has 0 unspecified atom stereocenters. The molecule has 0 aliphatic heterocycles. The Morgan fingerprint density at radius 2 is 1.72 bits per heavy atom. The first-order valence-corrected chi connectivity index (χ1v) is 8.57. The van der Waals surface area contributed by atoms with Crippen molar-refractivity contribution >= 4 is 19.9 Å². The van der Waals surface area contributed by atoms with Gasteiger partial charge in [0.1, 0.15) is 0 Å². The average molecular weight is 288 g/mol. The Hall–Kier alpha value is -1.43. The van der Waals surface area contributed by atoms with Gasteiger partial charge < -0.3 is 0 Å². The van der Waals surface area contributed by atoms with Gasteiger partial charge in [0.2, 0.25) is 10.0 Å². The van der Waals surface area contributed by atoms with E-state index in [1.165, 1.54) is 0 Å². The summed E-state index contributed by atoms with van der Waals surface area (Å²) in [6.45, 7) is -0.0104. The van der Waals surface area contributed by atoms with Gasteiger partial charge in [-0.1, -0.05) is 12.1 Å². The minimum Gasteiger partial charge on any atom is -0.228 e. The van der Waals surface area contributed by atoms with Crippen molar-refractivity contribution < 1.29 is 16.8 Å². The molecule has 18 heavy (non-hydrogen) atoms. The van der Waals surface area contributed by atoms with Crippen molar-refractivity contribution in [3.63, 3.8) is 0 Å². The van der Waals surface area contributed by atoms with Gasteiger partial charge in [-0.2, -0.15) is 5.26 Å². The molecule has 0 spiro atoms. The Balaban J connectivity index is 2.68. The summed E-state index contributed by atoms with van der Waals surface area (Å²) in [5.74, 6) is 0. The maximum atomic E-state index is 11.4. The van der Waals surface area contributed by atoms with Crippen LogP contribution in [-0.4, -0.2) is 28.2 Å². The van der Waals surface area contributed by atoms with E-state index in [1.807, 2.05) is 6.07 Å². The smallest absolute Gasteiger partial charge is 0.226 e. The Labute approximate surface area is 106 Å². The van der Waals surface area contributed by atoms with Crippen LogP contribution in [0, 0.1) is 11.3 Å². The van der Waals surface area contributed by atoms with E-state index in [1.54, 1.807) is 24.3 Å². The minimum atomic E-state index is -3.86. The molecule has 98 valence electrons. The van der Waals surface area contributed by atoms with E-state index in [9.17, 15) is 16.8 Å². The van der Waals surface area contributed by atoms with Crippen LogP contribution in [0.25, 0.3) is 0 Å². The molecule has 0 amide bonds. The van der Waals surface area contributed by atoms with Gasteiger partial charge in [-0.05, 0) is 17.7 Å². The van der Waals surface area contributed by atoms with E-state index < -0.39 is 24.9 Å². The van der Waals surface area contributed by atoms with E-state index in [-0.39, 0.29) is 6.54 Å². The van der Waals surface area contributed by atoms with Gasteiger partial charge in [0, 0.05) is 12.8 Å².